The number of nitrogens with one attached hydrogen (secondary N) is 1. The second-order valence-electron chi connectivity index (χ2n) is 3.60. The van der Waals surface area contributed by atoms with Crippen molar-refractivity contribution >= 4 is 29.0 Å². The number of aromatic nitrogens is 2. The fourth-order valence-electron chi connectivity index (χ4n) is 1.31. The molecule has 19 heavy (non-hydrogen) atoms. The number of anilines is 2. The van der Waals surface area contributed by atoms with E-state index in [-0.39, 0.29) is 17.3 Å². The number of amides is 1. The quantitative estimate of drug-likeness (QED) is 0.507. The summed E-state index contributed by atoms with van der Waals surface area (Å²) in [6, 6.07) is 5.73. The van der Waals surface area contributed by atoms with Crippen LogP contribution in [-0.4, -0.2) is 21.6 Å². The standard InChI is InChI=1S/C12H11FN4OS/c13-9-3-2-8(6-10(9)14)17-11(18)7-19-12-15-4-1-5-16-12/h1-6H,7,14H2,(H,17,18). The van der Waals surface area contributed by atoms with E-state index in [2.05, 4.69) is 15.3 Å². The molecule has 2 rings (SSSR count). The van der Waals surface area contributed by atoms with Gasteiger partial charge < -0.3 is 11.1 Å². The highest BCUT2D eigenvalue weighted by atomic mass is 32.2. The second kappa shape index (κ2) is 6.14. The van der Waals surface area contributed by atoms with Crippen LogP contribution in [0.3, 0.4) is 0 Å². The Morgan fingerprint density at radius 1 is 1.37 bits per heavy atom. The van der Waals surface area contributed by atoms with Gasteiger partial charge in [0.15, 0.2) is 5.16 Å². The summed E-state index contributed by atoms with van der Waals surface area (Å²) in [6.45, 7) is 0. The molecule has 98 valence electrons. The number of hydrogen-bond acceptors (Lipinski definition) is 5. The molecule has 0 bridgehead atoms. The maximum atomic E-state index is 12.9. The van der Waals surface area contributed by atoms with Crippen molar-refractivity contribution in [2.24, 2.45) is 0 Å². The predicted molar refractivity (Wildman–Crippen MR) is 72.2 cm³/mol. The first-order chi connectivity index (χ1) is 9.15. The molecule has 1 amide bonds. The molecule has 5 nitrogen and oxygen atoms in total. The van der Waals surface area contributed by atoms with Gasteiger partial charge in [0, 0.05) is 18.1 Å². The van der Waals surface area contributed by atoms with Crippen LogP contribution in [0.5, 0.6) is 0 Å². The van der Waals surface area contributed by atoms with Gasteiger partial charge in [0.2, 0.25) is 5.91 Å². The monoisotopic (exact) mass is 278 g/mol. The van der Waals surface area contributed by atoms with Gasteiger partial charge in [0.25, 0.3) is 0 Å². The van der Waals surface area contributed by atoms with Crippen LogP contribution in [0.15, 0.2) is 41.8 Å². The van der Waals surface area contributed by atoms with E-state index in [0.717, 1.165) is 0 Å². The third kappa shape index (κ3) is 3.92. The highest BCUT2D eigenvalue weighted by Gasteiger charge is 2.06. The Labute approximate surface area is 113 Å². The molecule has 0 atom stereocenters. The number of halogens is 1. The van der Waals surface area contributed by atoms with Crippen molar-refractivity contribution in [2.45, 2.75) is 5.16 Å². The molecular weight excluding hydrogens is 267 g/mol. The van der Waals surface area contributed by atoms with E-state index in [1.165, 1.54) is 30.0 Å². The topological polar surface area (TPSA) is 80.9 Å². The Morgan fingerprint density at radius 3 is 2.79 bits per heavy atom. The summed E-state index contributed by atoms with van der Waals surface area (Å²) in [5.41, 5.74) is 5.86. The zero-order valence-electron chi connectivity index (χ0n) is 9.84. The minimum absolute atomic E-state index is 0.00292. The average molecular weight is 278 g/mol. The number of benzene rings is 1. The maximum Gasteiger partial charge on any atom is 0.234 e. The summed E-state index contributed by atoms with van der Waals surface area (Å²) in [5.74, 6) is -0.574. The van der Waals surface area contributed by atoms with Crippen molar-refractivity contribution in [2.75, 3.05) is 16.8 Å². The number of thioether (sulfide) groups is 1. The molecule has 0 fully saturated rings. The average Bonchev–Trinajstić information content (AvgIpc) is 2.42. The minimum atomic E-state index is -0.509. The molecule has 7 heteroatoms. The highest BCUT2D eigenvalue weighted by Crippen LogP contribution is 2.17. The van der Waals surface area contributed by atoms with Gasteiger partial charge in [0.05, 0.1) is 11.4 Å². The summed E-state index contributed by atoms with van der Waals surface area (Å²) < 4.78 is 12.9. The van der Waals surface area contributed by atoms with Crippen LogP contribution >= 0.6 is 11.8 Å². The minimum Gasteiger partial charge on any atom is -0.396 e. The van der Waals surface area contributed by atoms with Crippen molar-refractivity contribution in [3.05, 3.63) is 42.5 Å². The molecule has 0 saturated carbocycles. The van der Waals surface area contributed by atoms with Crippen molar-refractivity contribution in [3.63, 3.8) is 0 Å². The van der Waals surface area contributed by atoms with Gasteiger partial charge in [-0.15, -0.1) is 0 Å². The molecule has 0 radical (unpaired) electrons. The van der Waals surface area contributed by atoms with Gasteiger partial charge in [-0.3, -0.25) is 4.79 Å². The SMILES string of the molecule is Nc1cc(NC(=O)CSc2ncccn2)ccc1F. The molecule has 0 aliphatic carbocycles. The largest absolute Gasteiger partial charge is 0.396 e. The molecule has 2 aromatic rings. The fraction of sp³-hybridized carbons (Fsp3) is 0.0833. The number of hydrogen-bond donors (Lipinski definition) is 2. The molecule has 0 saturated heterocycles. The Morgan fingerprint density at radius 2 is 2.11 bits per heavy atom. The third-order valence-corrected chi connectivity index (χ3v) is 3.03. The van der Waals surface area contributed by atoms with E-state index < -0.39 is 5.82 Å². The first-order valence-corrected chi connectivity index (χ1v) is 6.38. The van der Waals surface area contributed by atoms with Crippen LogP contribution in [0.25, 0.3) is 0 Å². The third-order valence-electron chi connectivity index (χ3n) is 2.15. The Hall–Kier alpha value is -2.15. The number of rotatable bonds is 4. The summed E-state index contributed by atoms with van der Waals surface area (Å²) in [4.78, 5) is 19.6. The molecule has 0 unspecified atom stereocenters. The first-order valence-electron chi connectivity index (χ1n) is 5.40. The van der Waals surface area contributed by atoms with Crippen molar-refractivity contribution in [3.8, 4) is 0 Å². The van der Waals surface area contributed by atoms with E-state index in [9.17, 15) is 9.18 Å². The molecule has 0 aliphatic heterocycles. The number of carbonyl (C=O) groups excluding carboxylic acids is 1. The van der Waals surface area contributed by atoms with Crippen LogP contribution in [0.4, 0.5) is 15.8 Å². The number of nitrogens with two attached hydrogens (primary N) is 1. The lowest BCUT2D eigenvalue weighted by Crippen LogP contribution is -2.14. The van der Waals surface area contributed by atoms with Crippen LogP contribution in [0, 0.1) is 5.82 Å². The predicted octanol–water partition coefficient (Wildman–Crippen LogP) is 1.93. The molecule has 1 heterocycles. The van der Waals surface area contributed by atoms with Gasteiger partial charge in [-0.25, -0.2) is 14.4 Å². The second-order valence-corrected chi connectivity index (χ2v) is 4.55. The van der Waals surface area contributed by atoms with Gasteiger partial charge in [0.1, 0.15) is 5.82 Å². The summed E-state index contributed by atoms with van der Waals surface area (Å²) >= 11 is 1.22. The zero-order valence-corrected chi connectivity index (χ0v) is 10.7. The van der Waals surface area contributed by atoms with E-state index >= 15 is 0 Å². The van der Waals surface area contributed by atoms with Gasteiger partial charge >= 0.3 is 0 Å². The molecule has 3 N–H and O–H groups in total. The number of nitrogens with zero attached hydrogens (tertiary/aromatic N) is 2. The van der Waals surface area contributed by atoms with E-state index in [1.54, 1.807) is 18.5 Å². The van der Waals surface area contributed by atoms with Crippen molar-refractivity contribution < 1.29 is 9.18 Å². The summed E-state index contributed by atoms with van der Waals surface area (Å²) in [7, 11) is 0. The van der Waals surface area contributed by atoms with Gasteiger partial charge in [-0.2, -0.15) is 0 Å². The van der Waals surface area contributed by atoms with Crippen LogP contribution in [0.2, 0.25) is 0 Å². The first kappa shape index (κ1) is 13.3. The van der Waals surface area contributed by atoms with Crippen molar-refractivity contribution in [1.29, 1.82) is 0 Å². The molecule has 0 aliphatic rings. The number of carbonyl (C=O) groups is 1. The van der Waals surface area contributed by atoms with Crippen molar-refractivity contribution in [1.82, 2.24) is 9.97 Å². The summed E-state index contributed by atoms with van der Waals surface area (Å²) in [5, 5.41) is 3.14. The molecule has 1 aromatic heterocycles. The van der Waals surface area contributed by atoms with Crippen LogP contribution < -0.4 is 11.1 Å². The normalized spacial score (nSPS) is 10.2. The van der Waals surface area contributed by atoms with E-state index in [1.807, 2.05) is 0 Å². The Kier molecular flexibility index (Phi) is 4.30. The Balaban J connectivity index is 1.89. The van der Waals surface area contributed by atoms with Gasteiger partial charge in [-0.05, 0) is 24.3 Å². The fourth-order valence-corrected chi connectivity index (χ4v) is 1.91. The maximum absolute atomic E-state index is 12.9. The lowest BCUT2D eigenvalue weighted by atomic mass is 10.2. The summed E-state index contributed by atoms with van der Waals surface area (Å²) in [6.07, 6.45) is 3.21. The van der Waals surface area contributed by atoms with E-state index in [4.69, 9.17) is 5.73 Å². The number of nitrogen functional groups attached to an aromatic ring is 1. The lowest BCUT2D eigenvalue weighted by molar-refractivity contribution is -0.113. The van der Waals surface area contributed by atoms with Crippen LogP contribution in [0.1, 0.15) is 0 Å². The smallest absolute Gasteiger partial charge is 0.234 e. The molecule has 0 spiro atoms. The van der Waals surface area contributed by atoms with Gasteiger partial charge in [-0.1, -0.05) is 11.8 Å². The lowest BCUT2D eigenvalue weighted by Gasteiger charge is -2.05. The van der Waals surface area contributed by atoms with E-state index in [0.29, 0.717) is 10.8 Å². The van der Waals surface area contributed by atoms with Crippen LogP contribution in [-0.2, 0) is 4.79 Å². The molecule has 1 aromatic carbocycles. The Bertz CT molecular complexity index is 579. The molecular formula is C12H11FN4OS. The highest BCUT2D eigenvalue weighted by molar-refractivity contribution is 7.99. The zero-order chi connectivity index (χ0) is 13.7.